The molecule has 1 unspecified atom stereocenters. The number of nitrogens with zero attached hydrogens (tertiary/aromatic N) is 1. The maximum atomic E-state index is 11.9. The number of aromatic nitrogens is 1. The lowest BCUT2D eigenvalue weighted by atomic mass is 10.4. The van der Waals surface area contributed by atoms with E-state index in [4.69, 9.17) is 0 Å². The topological polar surface area (TPSA) is 59.1 Å². The van der Waals surface area contributed by atoms with E-state index in [2.05, 4.69) is 10.3 Å². The summed E-state index contributed by atoms with van der Waals surface area (Å²) in [6.45, 7) is 1.32. The van der Waals surface area contributed by atoms with Crippen molar-refractivity contribution in [1.29, 1.82) is 0 Å². The van der Waals surface area contributed by atoms with Gasteiger partial charge in [0.2, 0.25) is 0 Å². The van der Waals surface area contributed by atoms with Gasteiger partial charge in [-0.1, -0.05) is 6.07 Å². The van der Waals surface area contributed by atoms with E-state index < -0.39 is 9.84 Å². The first-order valence-corrected chi connectivity index (χ1v) is 6.11. The summed E-state index contributed by atoms with van der Waals surface area (Å²) in [5, 5.41) is 2.92. The number of hydrogen-bond donors (Lipinski definition) is 1. The summed E-state index contributed by atoms with van der Waals surface area (Å²) in [6.07, 6.45) is 2.19. The summed E-state index contributed by atoms with van der Waals surface area (Å²) in [4.78, 5) is 3.88. The van der Waals surface area contributed by atoms with E-state index in [0.29, 0.717) is 13.0 Å². The largest absolute Gasteiger partial charge is 0.315 e. The molecule has 1 N–H and O–H groups in total. The van der Waals surface area contributed by atoms with Crippen LogP contribution in [0.5, 0.6) is 0 Å². The van der Waals surface area contributed by atoms with Crippen LogP contribution in [0.1, 0.15) is 6.42 Å². The van der Waals surface area contributed by atoms with E-state index in [9.17, 15) is 8.42 Å². The van der Waals surface area contributed by atoms with E-state index >= 15 is 0 Å². The highest BCUT2D eigenvalue weighted by Crippen LogP contribution is 2.17. The Morgan fingerprint density at radius 1 is 1.40 bits per heavy atom. The molecule has 0 spiro atoms. The van der Waals surface area contributed by atoms with Gasteiger partial charge in [-0.15, -0.1) is 12.4 Å². The van der Waals surface area contributed by atoms with Gasteiger partial charge < -0.3 is 5.32 Å². The molecule has 0 aliphatic carbocycles. The third-order valence-electron chi connectivity index (χ3n) is 2.38. The van der Waals surface area contributed by atoms with Crippen LogP contribution in [0.2, 0.25) is 0 Å². The standard InChI is InChI=1S/C9H12N2O2S.ClH/c12-14(13,8-4-6-10-7-8)9-3-1-2-5-11-9;/h1-3,5,8,10H,4,6-7H2;1H. The first kappa shape index (κ1) is 12.4. The molecule has 15 heavy (non-hydrogen) atoms. The van der Waals surface area contributed by atoms with Gasteiger partial charge in [-0.2, -0.15) is 0 Å². The van der Waals surface area contributed by atoms with E-state index in [1.807, 2.05) is 0 Å². The lowest BCUT2D eigenvalue weighted by Crippen LogP contribution is -2.24. The highest BCUT2D eigenvalue weighted by Gasteiger charge is 2.30. The van der Waals surface area contributed by atoms with Gasteiger partial charge >= 0.3 is 0 Å². The molecular weight excluding hydrogens is 236 g/mol. The molecule has 1 aliphatic rings. The van der Waals surface area contributed by atoms with Gasteiger partial charge in [0, 0.05) is 12.7 Å². The molecule has 1 aromatic heterocycles. The summed E-state index contributed by atoms with van der Waals surface area (Å²) in [5.74, 6) is 0. The third kappa shape index (κ3) is 2.48. The molecule has 2 heterocycles. The molecule has 0 amide bonds. The van der Waals surface area contributed by atoms with Crippen LogP contribution in [0.25, 0.3) is 0 Å². The van der Waals surface area contributed by atoms with Gasteiger partial charge in [-0.05, 0) is 25.1 Å². The average Bonchev–Trinajstić information content (AvgIpc) is 2.72. The number of pyridine rings is 1. The number of rotatable bonds is 2. The van der Waals surface area contributed by atoms with Gasteiger partial charge in [0.15, 0.2) is 14.9 Å². The summed E-state index contributed by atoms with van der Waals surface area (Å²) in [5.41, 5.74) is 0. The van der Waals surface area contributed by atoms with Crippen molar-refractivity contribution in [3.8, 4) is 0 Å². The van der Waals surface area contributed by atoms with Crippen LogP contribution in [0, 0.1) is 0 Å². The Balaban J connectivity index is 0.00000112. The van der Waals surface area contributed by atoms with Crippen LogP contribution < -0.4 is 5.32 Å². The van der Waals surface area contributed by atoms with E-state index in [1.165, 1.54) is 6.20 Å². The van der Waals surface area contributed by atoms with Crippen molar-refractivity contribution >= 4 is 22.2 Å². The second-order valence-corrected chi connectivity index (χ2v) is 5.50. The molecule has 84 valence electrons. The maximum absolute atomic E-state index is 11.9. The van der Waals surface area contributed by atoms with Crippen molar-refractivity contribution in [2.75, 3.05) is 13.1 Å². The Kier molecular flexibility index (Phi) is 4.07. The average molecular weight is 249 g/mol. The number of halogens is 1. The van der Waals surface area contributed by atoms with Gasteiger partial charge in [0.1, 0.15) is 0 Å². The number of sulfone groups is 1. The second-order valence-electron chi connectivity index (χ2n) is 3.33. The molecule has 0 radical (unpaired) electrons. The van der Waals surface area contributed by atoms with Gasteiger partial charge in [-0.3, -0.25) is 0 Å². The summed E-state index contributed by atoms with van der Waals surface area (Å²) >= 11 is 0. The van der Waals surface area contributed by atoms with Crippen LogP contribution in [0.15, 0.2) is 29.4 Å². The molecule has 1 saturated heterocycles. The lowest BCUT2D eigenvalue weighted by molar-refractivity contribution is 0.579. The Bertz CT molecular complexity index is 401. The predicted molar refractivity (Wildman–Crippen MR) is 59.9 cm³/mol. The number of hydrogen-bond acceptors (Lipinski definition) is 4. The maximum Gasteiger partial charge on any atom is 0.199 e. The fourth-order valence-corrected chi connectivity index (χ4v) is 3.16. The summed E-state index contributed by atoms with van der Waals surface area (Å²) in [7, 11) is -3.21. The number of nitrogens with one attached hydrogen (secondary N) is 1. The monoisotopic (exact) mass is 248 g/mol. The fourth-order valence-electron chi connectivity index (χ4n) is 1.58. The summed E-state index contributed by atoms with van der Waals surface area (Å²) < 4.78 is 23.9. The molecule has 6 heteroatoms. The fraction of sp³-hybridized carbons (Fsp3) is 0.444. The minimum Gasteiger partial charge on any atom is -0.315 e. The predicted octanol–water partition coefficient (Wildman–Crippen LogP) is 0.639. The van der Waals surface area contributed by atoms with Crippen molar-refractivity contribution in [1.82, 2.24) is 10.3 Å². The van der Waals surface area contributed by atoms with Crippen molar-refractivity contribution in [2.24, 2.45) is 0 Å². The molecule has 0 bridgehead atoms. The van der Waals surface area contributed by atoms with Crippen molar-refractivity contribution in [3.63, 3.8) is 0 Å². The zero-order valence-corrected chi connectivity index (χ0v) is 9.72. The van der Waals surface area contributed by atoms with Gasteiger partial charge in [0.05, 0.1) is 5.25 Å². The molecule has 2 rings (SSSR count). The van der Waals surface area contributed by atoms with Crippen molar-refractivity contribution < 1.29 is 8.42 Å². The first-order valence-electron chi connectivity index (χ1n) is 4.57. The Morgan fingerprint density at radius 3 is 2.73 bits per heavy atom. The Hall–Kier alpha value is -0.650. The van der Waals surface area contributed by atoms with Gasteiger partial charge in [-0.25, -0.2) is 13.4 Å². The second kappa shape index (κ2) is 4.92. The quantitative estimate of drug-likeness (QED) is 0.835. The van der Waals surface area contributed by atoms with Crippen molar-refractivity contribution in [2.45, 2.75) is 16.7 Å². The lowest BCUT2D eigenvalue weighted by Gasteiger charge is -2.08. The van der Waals surface area contributed by atoms with E-state index in [0.717, 1.165) is 6.54 Å². The SMILES string of the molecule is Cl.O=S(=O)(c1ccccn1)C1CCNC1. The molecule has 1 fully saturated rings. The molecular formula is C9H13ClN2O2S. The Labute approximate surface area is 95.4 Å². The van der Waals surface area contributed by atoms with Crippen LogP contribution in [-0.2, 0) is 9.84 Å². The van der Waals surface area contributed by atoms with Crippen LogP contribution in [-0.4, -0.2) is 31.7 Å². The molecule has 1 aromatic rings. The van der Waals surface area contributed by atoms with Crippen LogP contribution >= 0.6 is 12.4 Å². The van der Waals surface area contributed by atoms with E-state index in [1.54, 1.807) is 18.2 Å². The highest BCUT2D eigenvalue weighted by molar-refractivity contribution is 7.92. The first-order chi connectivity index (χ1) is 6.71. The minimum absolute atomic E-state index is 0. The molecule has 1 aliphatic heterocycles. The minimum atomic E-state index is -3.21. The third-order valence-corrected chi connectivity index (χ3v) is 4.49. The highest BCUT2D eigenvalue weighted by atomic mass is 35.5. The summed E-state index contributed by atoms with van der Waals surface area (Å²) in [6, 6.07) is 4.96. The smallest absolute Gasteiger partial charge is 0.199 e. The molecule has 4 nitrogen and oxygen atoms in total. The van der Waals surface area contributed by atoms with Crippen LogP contribution in [0.4, 0.5) is 0 Å². The normalized spacial score (nSPS) is 20.9. The molecule has 1 atom stereocenters. The van der Waals surface area contributed by atoms with E-state index in [-0.39, 0.29) is 22.7 Å². The zero-order chi connectivity index (χ0) is 10.0. The van der Waals surface area contributed by atoms with Crippen LogP contribution in [0.3, 0.4) is 0 Å². The van der Waals surface area contributed by atoms with Crippen molar-refractivity contribution in [3.05, 3.63) is 24.4 Å². The molecule has 0 aromatic carbocycles. The molecule has 0 saturated carbocycles. The van der Waals surface area contributed by atoms with Gasteiger partial charge in [0.25, 0.3) is 0 Å². The Morgan fingerprint density at radius 2 is 2.20 bits per heavy atom. The zero-order valence-electron chi connectivity index (χ0n) is 8.09.